The molecule has 156 valence electrons. The fourth-order valence-electron chi connectivity index (χ4n) is 2.66. The molecule has 2 heterocycles. The normalized spacial score (nSPS) is 11.6. The van der Waals surface area contributed by atoms with E-state index >= 15 is 0 Å². The lowest BCUT2D eigenvalue weighted by molar-refractivity contribution is -0.131. The second-order valence-corrected chi connectivity index (χ2v) is 8.50. The predicted molar refractivity (Wildman–Crippen MR) is 122 cm³/mol. The van der Waals surface area contributed by atoms with Crippen LogP contribution in [0.25, 0.3) is 28.8 Å². The van der Waals surface area contributed by atoms with Gasteiger partial charge in [0.15, 0.2) is 5.82 Å². The fourth-order valence-corrected chi connectivity index (χ4v) is 3.97. The molecular weight excluding hydrogens is 481 g/mol. The number of hydrogen-bond acceptors (Lipinski definition) is 5. The smallest absolute Gasteiger partial charge is 0.342 e. The first-order valence-corrected chi connectivity index (χ1v) is 10.7. The number of H-pyrrole nitrogens is 1. The molecule has 0 unspecified atom stereocenters. The van der Waals surface area contributed by atoms with E-state index in [2.05, 4.69) is 15.2 Å². The lowest BCUT2D eigenvalue weighted by Gasteiger charge is -2.01. The van der Waals surface area contributed by atoms with Crippen molar-refractivity contribution >= 4 is 58.6 Å². The van der Waals surface area contributed by atoms with Crippen molar-refractivity contribution in [2.75, 3.05) is 0 Å². The van der Waals surface area contributed by atoms with Crippen molar-refractivity contribution in [1.82, 2.24) is 15.2 Å². The maximum atomic E-state index is 11.7. The van der Waals surface area contributed by atoms with Crippen LogP contribution in [0.15, 0.2) is 69.1 Å². The Morgan fingerprint density at radius 3 is 2.48 bits per heavy atom. The Morgan fingerprint density at radius 1 is 1.03 bits per heavy atom. The monoisotopic (exact) mass is 491 g/mol. The molecule has 0 bridgehead atoms. The zero-order valence-corrected chi connectivity index (χ0v) is 18.6. The molecule has 0 saturated heterocycles. The number of nitrogens with one attached hydrogen (secondary N) is 1. The molecule has 0 aliphatic rings. The molecule has 0 saturated carbocycles. The van der Waals surface area contributed by atoms with Gasteiger partial charge in [0.25, 0.3) is 0 Å². The summed E-state index contributed by atoms with van der Waals surface area (Å²) < 4.78 is 5.75. The van der Waals surface area contributed by atoms with Crippen LogP contribution >= 0.6 is 46.6 Å². The molecule has 0 atom stereocenters. The van der Waals surface area contributed by atoms with Crippen molar-refractivity contribution in [3.63, 3.8) is 0 Å². The Morgan fingerprint density at radius 2 is 1.77 bits per heavy atom. The van der Waals surface area contributed by atoms with E-state index in [9.17, 15) is 9.90 Å². The maximum Gasteiger partial charge on any atom is 0.342 e. The number of nitrogens with zero attached hydrogens (tertiary/aromatic N) is 2. The summed E-state index contributed by atoms with van der Waals surface area (Å²) in [7, 11) is 0. The van der Waals surface area contributed by atoms with Crippen LogP contribution < -0.4 is 0 Å². The number of furan rings is 1. The number of carboxylic acids is 1. The summed E-state index contributed by atoms with van der Waals surface area (Å²) in [6.07, 6.45) is 1.40. The number of carboxylic acid groups (broad SMARTS) is 1. The maximum absolute atomic E-state index is 11.7. The Balaban J connectivity index is 1.57. The van der Waals surface area contributed by atoms with E-state index in [1.54, 1.807) is 54.6 Å². The molecule has 4 aromatic rings. The van der Waals surface area contributed by atoms with Gasteiger partial charge in [-0.2, -0.15) is 0 Å². The van der Waals surface area contributed by atoms with Crippen molar-refractivity contribution in [1.29, 1.82) is 0 Å². The van der Waals surface area contributed by atoms with Gasteiger partial charge in [-0.25, -0.2) is 9.78 Å². The van der Waals surface area contributed by atoms with Crippen molar-refractivity contribution in [2.45, 2.75) is 5.16 Å². The van der Waals surface area contributed by atoms with Crippen LogP contribution in [0.4, 0.5) is 0 Å². The minimum atomic E-state index is -1.13. The third kappa shape index (κ3) is 5.14. The highest BCUT2D eigenvalue weighted by Gasteiger charge is 2.16. The first kappa shape index (κ1) is 21.5. The third-order valence-corrected chi connectivity index (χ3v) is 5.77. The molecule has 0 radical (unpaired) electrons. The highest BCUT2D eigenvalue weighted by Crippen LogP contribution is 2.33. The van der Waals surface area contributed by atoms with Crippen LogP contribution in [0.2, 0.25) is 15.1 Å². The molecule has 2 N–H and O–H groups in total. The number of hydrogen-bond donors (Lipinski definition) is 2. The molecule has 10 heteroatoms. The van der Waals surface area contributed by atoms with E-state index in [0.29, 0.717) is 38.0 Å². The molecule has 2 aromatic carbocycles. The van der Waals surface area contributed by atoms with Crippen molar-refractivity contribution in [3.8, 4) is 22.7 Å². The summed E-state index contributed by atoms with van der Waals surface area (Å²) in [6.45, 7) is 0. The minimum Gasteiger partial charge on any atom is -0.477 e. The third-order valence-electron chi connectivity index (χ3n) is 4.09. The summed E-state index contributed by atoms with van der Waals surface area (Å²) in [6, 6.07) is 15.4. The van der Waals surface area contributed by atoms with Gasteiger partial charge in [0.1, 0.15) is 16.4 Å². The largest absolute Gasteiger partial charge is 0.477 e. The lowest BCUT2D eigenvalue weighted by Crippen LogP contribution is -1.97. The van der Waals surface area contributed by atoms with Gasteiger partial charge < -0.3 is 9.52 Å². The summed E-state index contributed by atoms with van der Waals surface area (Å²) in [5.74, 6) is 0.205. The van der Waals surface area contributed by atoms with Gasteiger partial charge in [-0.3, -0.25) is 5.10 Å². The zero-order chi connectivity index (χ0) is 22.0. The Labute approximate surface area is 195 Å². The van der Waals surface area contributed by atoms with Crippen LogP contribution in [-0.4, -0.2) is 26.3 Å². The van der Waals surface area contributed by atoms with Gasteiger partial charge in [0, 0.05) is 27.2 Å². The molecule has 0 aliphatic carbocycles. The van der Waals surface area contributed by atoms with Gasteiger partial charge in [-0.15, -0.1) is 5.10 Å². The zero-order valence-electron chi connectivity index (χ0n) is 15.5. The van der Waals surface area contributed by atoms with Crippen molar-refractivity contribution in [3.05, 3.63) is 80.3 Å². The van der Waals surface area contributed by atoms with E-state index in [-0.39, 0.29) is 10.1 Å². The second-order valence-electron chi connectivity index (χ2n) is 6.22. The number of aromatic nitrogens is 3. The molecule has 2 aromatic heterocycles. The quantitative estimate of drug-likeness (QED) is 0.224. The Bertz CT molecular complexity index is 1280. The number of benzene rings is 2. The van der Waals surface area contributed by atoms with E-state index in [4.69, 9.17) is 39.2 Å². The minimum absolute atomic E-state index is 0.00948. The van der Waals surface area contributed by atoms with E-state index in [1.165, 1.54) is 6.08 Å². The Kier molecular flexibility index (Phi) is 6.38. The number of aromatic amines is 1. The van der Waals surface area contributed by atoms with Crippen LogP contribution in [-0.2, 0) is 4.79 Å². The van der Waals surface area contributed by atoms with Crippen LogP contribution in [0, 0.1) is 0 Å². The van der Waals surface area contributed by atoms with E-state index in [0.717, 1.165) is 17.3 Å². The predicted octanol–water partition coefficient (Wildman–Crippen LogP) is 6.91. The number of thioether (sulfide) groups is 1. The van der Waals surface area contributed by atoms with Crippen molar-refractivity contribution < 1.29 is 14.3 Å². The van der Waals surface area contributed by atoms with Gasteiger partial charge in [0.05, 0.1) is 5.02 Å². The number of rotatable bonds is 6. The summed E-state index contributed by atoms with van der Waals surface area (Å²) in [5, 5.41) is 18.3. The van der Waals surface area contributed by atoms with E-state index in [1.807, 2.05) is 0 Å². The average molecular weight is 493 g/mol. The Hall–Kier alpha value is -2.71. The molecular formula is C21H12Cl3N3O3S. The first-order chi connectivity index (χ1) is 14.9. The first-order valence-electron chi connectivity index (χ1n) is 8.75. The number of aliphatic carboxylic acids is 1. The van der Waals surface area contributed by atoms with Crippen LogP contribution in [0.5, 0.6) is 0 Å². The molecule has 31 heavy (non-hydrogen) atoms. The summed E-state index contributed by atoms with van der Waals surface area (Å²) >= 11 is 18.9. The van der Waals surface area contributed by atoms with Crippen LogP contribution in [0.1, 0.15) is 5.76 Å². The highest BCUT2D eigenvalue weighted by atomic mass is 35.5. The summed E-state index contributed by atoms with van der Waals surface area (Å²) in [4.78, 5) is 16.1. The van der Waals surface area contributed by atoms with Gasteiger partial charge in [-0.05, 0) is 66.4 Å². The topological polar surface area (TPSA) is 92.0 Å². The second kappa shape index (κ2) is 9.20. The standard InChI is InChI=1S/C21H12Cl3N3O3S/c22-12-3-1-11(2-4-12)19-25-21(27-26-19)31-18(20(28)29)10-14-6-8-17(30-14)15-7-5-13(23)9-16(15)24/h1-10H,(H,28,29)(H,25,26,27)/b18-10-. The fraction of sp³-hybridized carbons (Fsp3) is 0. The molecule has 0 spiro atoms. The summed E-state index contributed by atoms with van der Waals surface area (Å²) in [5.41, 5.74) is 1.43. The van der Waals surface area contributed by atoms with E-state index < -0.39 is 5.97 Å². The molecule has 6 nitrogen and oxygen atoms in total. The SMILES string of the molecule is O=C(O)/C(=C/c1ccc(-c2ccc(Cl)cc2Cl)o1)Sc1n[nH]c(-c2ccc(Cl)cc2)n1. The highest BCUT2D eigenvalue weighted by molar-refractivity contribution is 8.04. The van der Waals surface area contributed by atoms with Crippen LogP contribution in [0.3, 0.4) is 0 Å². The molecule has 0 amide bonds. The van der Waals surface area contributed by atoms with Gasteiger partial charge in [0.2, 0.25) is 5.16 Å². The average Bonchev–Trinajstić information content (AvgIpc) is 3.38. The van der Waals surface area contributed by atoms with Gasteiger partial charge >= 0.3 is 5.97 Å². The number of halogens is 3. The van der Waals surface area contributed by atoms with Crippen molar-refractivity contribution in [2.24, 2.45) is 0 Å². The molecule has 0 aliphatic heterocycles. The number of carbonyl (C=O) groups is 1. The molecule has 4 rings (SSSR count). The van der Waals surface area contributed by atoms with Gasteiger partial charge in [-0.1, -0.05) is 34.8 Å². The lowest BCUT2D eigenvalue weighted by atomic mass is 10.2. The molecule has 0 fully saturated rings.